The maximum atomic E-state index is 11.3. The molecular weight excluding hydrogens is 168 g/mol. The molecule has 0 radical (unpaired) electrons. The average molecular weight is 178 g/mol. The summed E-state index contributed by atoms with van der Waals surface area (Å²) in [7, 11) is 0. The Morgan fingerprint density at radius 3 is 3.15 bits per heavy atom. The third-order valence-corrected chi connectivity index (χ3v) is 1.32. The Kier molecular flexibility index (Phi) is 3.63. The molecule has 0 saturated heterocycles. The topological polar surface area (TPSA) is 52.1 Å². The third-order valence-electron chi connectivity index (χ3n) is 1.32. The van der Waals surface area contributed by atoms with Gasteiger partial charge in [0.15, 0.2) is 0 Å². The number of nitrogens with zero attached hydrogens (tertiary/aromatic N) is 2. The Balaban J connectivity index is 2.59. The fraction of sp³-hybridized carbons (Fsp3) is 0.222. The van der Waals surface area contributed by atoms with Crippen LogP contribution in [-0.2, 0) is 4.74 Å². The van der Waals surface area contributed by atoms with Crippen molar-refractivity contribution in [1.29, 1.82) is 0 Å². The Bertz CT molecular complexity index is 296. The standard InChI is InChI=1S/C9H10N2O2/c1-2-13-6-4-9(12)8-3-5-10-7-11-8/h3-7H,2H2,1H3/b6-4+. The number of rotatable bonds is 4. The predicted octanol–water partition coefficient (Wildman–Crippen LogP) is 1.21. The molecular formula is C9H10N2O2. The monoisotopic (exact) mass is 178 g/mol. The van der Waals surface area contributed by atoms with Crippen LogP contribution in [0.5, 0.6) is 0 Å². The van der Waals surface area contributed by atoms with Gasteiger partial charge in [-0.05, 0) is 13.0 Å². The molecule has 0 atom stereocenters. The molecule has 0 aromatic carbocycles. The van der Waals surface area contributed by atoms with Crippen LogP contribution in [-0.4, -0.2) is 22.4 Å². The fourth-order valence-corrected chi connectivity index (χ4v) is 0.728. The zero-order valence-electron chi connectivity index (χ0n) is 7.30. The molecule has 0 aliphatic rings. The van der Waals surface area contributed by atoms with E-state index in [9.17, 15) is 4.79 Å². The van der Waals surface area contributed by atoms with Crippen LogP contribution >= 0.6 is 0 Å². The Morgan fingerprint density at radius 2 is 2.54 bits per heavy atom. The second kappa shape index (κ2) is 5.03. The van der Waals surface area contributed by atoms with Crippen molar-refractivity contribution < 1.29 is 9.53 Å². The fourth-order valence-electron chi connectivity index (χ4n) is 0.728. The molecule has 0 fully saturated rings. The molecule has 1 heterocycles. The van der Waals surface area contributed by atoms with Gasteiger partial charge in [-0.1, -0.05) is 0 Å². The Hall–Kier alpha value is -1.71. The first-order chi connectivity index (χ1) is 6.34. The summed E-state index contributed by atoms with van der Waals surface area (Å²) in [6, 6.07) is 1.55. The number of ether oxygens (including phenoxy) is 1. The van der Waals surface area contributed by atoms with Crippen molar-refractivity contribution in [2.45, 2.75) is 6.92 Å². The molecule has 0 aliphatic carbocycles. The summed E-state index contributed by atoms with van der Waals surface area (Å²) in [5, 5.41) is 0. The minimum atomic E-state index is -0.184. The van der Waals surface area contributed by atoms with Crippen LogP contribution in [0.25, 0.3) is 0 Å². The first-order valence-electron chi connectivity index (χ1n) is 3.93. The molecule has 0 N–H and O–H groups in total. The largest absolute Gasteiger partial charge is 0.501 e. The van der Waals surface area contributed by atoms with Gasteiger partial charge in [-0.25, -0.2) is 9.97 Å². The summed E-state index contributed by atoms with van der Waals surface area (Å²) >= 11 is 0. The summed E-state index contributed by atoms with van der Waals surface area (Å²) in [5.74, 6) is -0.184. The van der Waals surface area contributed by atoms with E-state index in [2.05, 4.69) is 9.97 Å². The highest BCUT2D eigenvalue weighted by molar-refractivity contribution is 6.02. The van der Waals surface area contributed by atoms with E-state index in [0.717, 1.165) is 0 Å². The lowest BCUT2D eigenvalue weighted by atomic mass is 10.3. The van der Waals surface area contributed by atoms with Crippen molar-refractivity contribution in [3.63, 3.8) is 0 Å². The smallest absolute Gasteiger partial charge is 0.207 e. The zero-order chi connectivity index (χ0) is 9.52. The number of ketones is 1. The second-order valence-electron chi connectivity index (χ2n) is 2.22. The molecule has 13 heavy (non-hydrogen) atoms. The molecule has 0 bridgehead atoms. The number of aromatic nitrogens is 2. The maximum Gasteiger partial charge on any atom is 0.207 e. The highest BCUT2D eigenvalue weighted by Gasteiger charge is 2.00. The molecule has 0 aliphatic heterocycles. The maximum absolute atomic E-state index is 11.3. The van der Waals surface area contributed by atoms with Gasteiger partial charge in [0.05, 0.1) is 12.9 Å². The normalized spacial score (nSPS) is 10.2. The molecule has 0 unspecified atom stereocenters. The molecule has 68 valence electrons. The van der Waals surface area contributed by atoms with Crippen molar-refractivity contribution in [2.75, 3.05) is 6.61 Å². The third kappa shape index (κ3) is 3.02. The summed E-state index contributed by atoms with van der Waals surface area (Å²) in [6.07, 6.45) is 5.56. The van der Waals surface area contributed by atoms with Crippen molar-refractivity contribution in [2.24, 2.45) is 0 Å². The lowest BCUT2D eigenvalue weighted by molar-refractivity contribution is 0.103. The van der Waals surface area contributed by atoms with Gasteiger partial charge >= 0.3 is 0 Å². The molecule has 0 spiro atoms. The van der Waals surface area contributed by atoms with Crippen molar-refractivity contribution in [1.82, 2.24) is 9.97 Å². The second-order valence-corrected chi connectivity index (χ2v) is 2.22. The first-order valence-corrected chi connectivity index (χ1v) is 3.93. The molecule has 0 amide bonds. The van der Waals surface area contributed by atoms with Gasteiger partial charge in [0, 0.05) is 12.3 Å². The summed E-state index contributed by atoms with van der Waals surface area (Å²) in [6.45, 7) is 2.40. The quantitative estimate of drug-likeness (QED) is 0.395. The van der Waals surface area contributed by atoms with E-state index in [1.165, 1.54) is 24.9 Å². The predicted molar refractivity (Wildman–Crippen MR) is 47.1 cm³/mol. The van der Waals surface area contributed by atoms with Crippen molar-refractivity contribution >= 4 is 5.78 Å². The molecule has 1 aromatic rings. The van der Waals surface area contributed by atoms with E-state index in [-0.39, 0.29) is 5.78 Å². The van der Waals surface area contributed by atoms with Crippen molar-refractivity contribution in [3.8, 4) is 0 Å². The van der Waals surface area contributed by atoms with Crippen LogP contribution in [0.15, 0.2) is 30.9 Å². The SMILES string of the molecule is CCO/C=C/C(=O)c1ccncn1. The van der Waals surface area contributed by atoms with Gasteiger partial charge in [-0.15, -0.1) is 0 Å². The number of carbonyl (C=O) groups is 1. The van der Waals surface area contributed by atoms with E-state index < -0.39 is 0 Å². The van der Waals surface area contributed by atoms with Gasteiger partial charge in [-0.3, -0.25) is 4.79 Å². The molecule has 0 saturated carbocycles. The Labute approximate surface area is 76.3 Å². The molecule has 4 nitrogen and oxygen atoms in total. The molecule has 4 heteroatoms. The number of allylic oxidation sites excluding steroid dienone is 1. The van der Waals surface area contributed by atoms with Gasteiger partial charge < -0.3 is 4.74 Å². The summed E-state index contributed by atoms with van der Waals surface area (Å²) in [5.41, 5.74) is 0.367. The number of carbonyl (C=O) groups excluding carboxylic acids is 1. The van der Waals surface area contributed by atoms with Gasteiger partial charge in [0.2, 0.25) is 5.78 Å². The first kappa shape index (κ1) is 9.38. The number of hydrogen-bond donors (Lipinski definition) is 0. The highest BCUT2D eigenvalue weighted by atomic mass is 16.5. The van der Waals surface area contributed by atoms with Crippen LogP contribution in [0.3, 0.4) is 0 Å². The molecule has 1 rings (SSSR count). The van der Waals surface area contributed by atoms with Crippen LogP contribution < -0.4 is 0 Å². The summed E-state index contributed by atoms with van der Waals surface area (Å²) < 4.78 is 4.88. The van der Waals surface area contributed by atoms with E-state index in [1.807, 2.05) is 6.92 Å². The highest BCUT2D eigenvalue weighted by Crippen LogP contribution is 1.94. The lowest BCUT2D eigenvalue weighted by Gasteiger charge is -1.93. The van der Waals surface area contributed by atoms with Gasteiger partial charge in [-0.2, -0.15) is 0 Å². The zero-order valence-corrected chi connectivity index (χ0v) is 7.30. The number of hydrogen-bond acceptors (Lipinski definition) is 4. The molecule has 1 aromatic heterocycles. The van der Waals surface area contributed by atoms with Gasteiger partial charge in [0.1, 0.15) is 12.0 Å². The van der Waals surface area contributed by atoms with Crippen LogP contribution in [0.1, 0.15) is 17.4 Å². The van der Waals surface area contributed by atoms with Crippen LogP contribution in [0.4, 0.5) is 0 Å². The van der Waals surface area contributed by atoms with Gasteiger partial charge in [0.25, 0.3) is 0 Å². The minimum absolute atomic E-state index is 0.184. The van der Waals surface area contributed by atoms with Crippen LogP contribution in [0, 0.1) is 0 Å². The Morgan fingerprint density at radius 1 is 1.69 bits per heavy atom. The summed E-state index contributed by atoms with van der Waals surface area (Å²) in [4.78, 5) is 18.8. The van der Waals surface area contributed by atoms with E-state index in [0.29, 0.717) is 12.3 Å². The lowest BCUT2D eigenvalue weighted by Crippen LogP contribution is -1.98. The van der Waals surface area contributed by atoms with E-state index >= 15 is 0 Å². The van der Waals surface area contributed by atoms with Crippen LogP contribution in [0.2, 0.25) is 0 Å². The van der Waals surface area contributed by atoms with Crippen molar-refractivity contribution in [3.05, 3.63) is 36.6 Å². The van der Waals surface area contributed by atoms with E-state index in [1.54, 1.807) is 6.07 Å². The minimum Gasteiger partial charge on any atom is -0.501 e. The van der Waals surface area contributed by atoms with E-state index in [4.69, 9.17) is 4.74 Å². The average Bonchev–Trinajstić information content (AvgIpc) is 2.19.